The number of benzene rings is 1. The second-order valence-corrected chi connectivity index (χ2v) is 4.56. The molecule has 0 aliphatic carbocycles. The van der Waals surface area contributed by atoms with Gasteiger partial charge in [-0.3, -0.25) is 4.79 Å². The highest BCUT2D eigenvalue weighted by Crippen LogP contribution is 2.22. The normalized spacial score (nSPS) is 10.2. The van der Waals surface area contributed by atoms with Gasteiger partial charge in [0.2, 0.25) is 0 Å². The molecule has 1 heterocycles. The Morgan fingerprint density at radius 2 is 1.81 bits per heavy atom. The van der Waals surface area contributed by atoms with Gasteiger partial charge in [-0.1, -0.05) is 12.1 Å². The van der Waals surface area contributed by atoms with Crippen LogP contribution in [0.15, 0.2) is 36.4 Å². The van der Waals surface area contributed by atoms with E-state index < -0.39 is 5.97 Å². The van der Waals surface area contributed by atoms with Crippen molar-refractivity contribution in [1.82, 2.24) is 4.98 Å². The minimum atomic E-state index is -0.963. The highest BCUT2D eigenvalue weighted by Gasteiger charge is 2.11. The van der Waals surface area contributed by atoms with Gasteiger partial charge < -0.3 is 10.4 Å². The van der Waals surface area contributed by atoms with Crippen molar-refractivity contribution in [2.45, 2.75) is 13.8 Å². The zero-order valence-electron chi connectivity index (χ0n) is 11.9. The van der Waals surface area contributed by atoms with Crippen LogP contribution in [0.2, 0.25) is 0 Å². The third kappa shape index (κ3) is 3.25. The number of hydrogen-bond acceptors (Lipinski definition) is 4. The van der Waals surface area contributed by atoms with Crippen molar-refractivity contribution in [2.75, 3.05) is 11.9 Å². The molecule has 0 saturated carbocycles. The van der Waals surface area contributed by atoms with Crippen LogP contribution < -0.4 is 5.32 Å². The lowest BCUT2D eigenvalue weighted by Crippen LogP contribution is -2.07. The summed E-state index contributed by atoms with van der Waals surface area (Å²) in [6.07, 6.45) is 0. The number of pyridine rings is 1. The second-order valence-electron chi connectivity index (χ2n) is 4.56. The summed E-state index contributed by atoms with van der Waals surface area (Å²) in [5.41, 5.74) is 2.26. The predicted molar refractivity (Wildman–Crippen MR) is 80.8 cm³/mol. The summed E-state index contributed by atoms with van der Waals surface area (Å²) in [5.74, 6) is -0.467. The fraction of sp³-hybridized carbons (Fsp3) is 0.188. The van der Waals surface area contributed by atoms with Crippen LogP contribution in [-0.2, 0) is 0 Å². The van der Waals surface area contributed by atoms with Crippen molar-refractivity contribution in [1.29, 1.82) is 0 Å². The number of carboxylic acids is 1. The molecule has 0 unspecified atom stereocenters. The van der Waals surface area contributed by atoms with Crippen molar-refractivity contribution in [3.8, 4) is 11.3 Å². The Balaban J connectivity index is 2.42. The molecule has 21 heavy (non-hydrogen) atoms. The molecule has 0 saturated heterocycles. The lowest BCUT2D eigenvalue weighted by molar-refractivity contribution is 0.0696. The molecule has 2 N–H and O–H groups in total. The Morgan fingerprint density at radius 1 is 1.14 bits per heavy atom. The number of carboxylic acid groups (broad SMARTS) is 1. The minimum Gasteiger partial charge on any atom is -0.478 e. The van der Waals surface area contributed by atoms with E-state index in [1.54, 1.807) is 24.3 Å². The number of anilines is 1. The van der Waals surface area contributed by atoms with E-state index >= 15 is 0 Å². The van der Waals surface area contributed by atoms with Crippen LogP contribution in [-0.4, -0.2) is 28.4 Å². The summed E-state index contributed by atoms with van der Waals surface area (Å²) >= 11 is 0. The zero-order chi connectivity index (χ0) is 15.4. The SMILES string of the molecule is CCNc1nc(-c2ccc(C(=O)O)cc2)ccc1C(C)=O. The van der Waals surface area contributed by atoms with Gasteiger partial charge in [0.25, 0.3) is 0 Å². The Bertz CT molecular complexity index is 678. The summed E-state index contributed by atoms with van der Waals surface area (Å²) in [5, 5.41) is 12.0. The van der Waals surface area contributed by atoms with E-state index in [1.165, 1.54) is 19.1 Å². The molecule has 2 rings (SSSR count). The first-order valence-corrected chi connectivity index (χ1v) is 6.62. The molecule has 2 aromatic rings. The summed E-state index contributed by atoms with van der Waals surface area (Å²) in [4.78, 5) is 26.9. The van der Waals surface area contributed by atoms with Crippen molar-refractivity contribution >= 4 is 17.6 Å². The fourth-order valence-electron chi connectivity index (χ4n) is 1.99. The van der Waals surface area contributed by atoms with Crippen LogP contribution in [0.5, 0.6) is 0 Å². The van der Waals surface area contributed by atoms with Gasteiger partial charge in [-0.25, -0.2) is 9.78 Å². The topological polar surface area (TPSA) is 79.3 Å². The van der Waals surface area contributed by atoms with Gasteiger partial charge >= 0.3 is 5.97 Å². The predicted octanol–water partition coefficient (Wildman–Crippen LogP) is 3.08. The smallest absolute Gasteiger partial charge is 0.335 e. The Kier molecular flexibility index (Phi) is 4.33. The van der Waals surface area contributed by atoms with Crippen molar-refractivity contribution in [2.24, 2.45) is 0 Å². The lowest BCUT2D eigenvalue weighted by atomic mass is 10.1. The summed E-state index contributed by atoms with van der Waals surface area (Å²) in [7, 11) is 0. The van der Waals surface area contributed by atoms with Gasteiger partial charge in [-0.2, -0.15) is 0 Å². The molecule has 0 atom stereocenters. The molecule has 0 amide bonds. The highest BCUT2D eigenvalue weighted by atomic mass is 16.4. The maximum Gasteiger partial charge on any atom is 0.335 e. The molecule has 5 nitrogen and oxygen atoms in total. The maximum absolute atomic E-state index is 11.6. The quantitative estimate of drug-likeness (QED) is 0.825. The molecular formula is C16H16N2O3. The van der Waals surface area contributed by atoms with E-state index in [9.17, 15) is 9.59 Å². The first-order valence-electron chi connectivity index (χ1n) is 6.62. The zero-order valence-corrected chi connectivity index (χ0v) is 11.9. The number of nitrogens with one attached hydrogen (secondary N) is 1. The first-order chi connectivity index (χ1) is 10.0. The van der Waals surface area contributed by atoms with Crippen molar-refractivity contribution in [3.63, 3.8) is 0 Å². The largest absolute Gasteiger partial charge is 0.478 e. The Morgan fingerprint density at radius 3 is 2.33 bits per heavy atom. The molecule has 0 aliphatic rings. The number of Topliss-reactive ketones (excluding diaryl/α,β-unsaturated/α-hetero) is 1. The van der Waals surface area contributed by atoms with Gasteiger partial charge in [0.05, 0.1) is 16.8 Å². The number of aromatic carboxylic acids is 1. The number of hydrogen-bond donors (Lipinski definition) is 2. The molecule has 1 aromatic heterocycles. The van der Waals surface area contributed by atoms with E-state index in [-0.39, 0.29) is 11.3 Å². The molecule has 108 valence electrons. The van der Waals surface area contributed by atoms with Gasteiger partial charge in [-0.05, 0) is 38.1 Å². The van der Waals surface area contributed by atoms with Crippen LogP contribution in [0.25, 0.3) is 11.3 Å². The van der Waals surface area contributed by atoms with Gasteiger partial charge in [0.15, 0.2) is 5.78 Å². The van der Waals surface area contributed by atoms with E-state index in [4.69, 9.17) is 5.11 Å². The van der Waals surface area contributed by atoms with Crippen LogP contribution in [0.1, 0.15) is 34.6 Å². The fourth-order valence-corrected chi connectivity index (χ4v) is 1.99. The molecule has 5 heteroatoms. The average molecular weight is 284 g/mol. The standard InChI is InChI=1S/C16H16N2O3/c1-3-17-15-13(10(2)19)8-9-14(18-15)11-4-6-12(7-5-11)16(20)21/h4-9H,3H2,1-2H3,(H,17,18)(H,20,21). The highest BCUT2D eigenvalue weighted by molar-refractivity contribution is 5.99. The van der Waals surface area contributed by atoms with E-state index in [0.29, 0.717) is 23.6 Å². The molecular weight excluding hydrogens is 268 g/mol. The van der Waals surface area contributed by atoms with E-state index in [2.05, 4.69) is 10.3 Å². The van der Waals surface area contributed by atoms with Gasteiger partial charge in [0, 0.05) is 12.1 Å². The number of ketones is 1. The monoisotopic (exact) mass is 284 g/mol. The Labute approximate surface area is 122 Å². The Hall–Kier alpha value is -2.69. The molecule has 0 fully saturated rings. The lowest BCUT2D eigenvalue weighted by Gasteiger charge is -2.10. The molecule has 0 bridgehead atoms. The van der Waals surface area contributed by atoms with Crippen LogP contribution in [0.4, 0.5) is 5.82 Å². The van der Waals surface area contributed by atoms with Gasteiger partial charge in [-0.15, -0.1) is 0 Å². The number of aromatic nitrogens is 1. The number of carbonyl (C=O) groups excluding carboxylic acids is 1. The van der Waals surface area contributed by atoms with Crippen molar-refractivity contribution in [3.05, 3.63) is 47.5 Å². The van der Waals surface area contributed by atoms with Crippen LogP contribution >= 0.6 is 0 Å². The number of rotatable bonds is 5. The molecule has 0 spiro atoms. The van der Waals surface area contributed by atoms with Crippen LogP contribution in [0.3, 0.4) is 0 Å². The van der Waals surface area contributed by atoms with E-state index in [1.807, 2.05) is 6.92 Å². The summed E-state index contributed by atoms with van der Waals surface area (Å²) in [6.45, 7) is 4.09. The average Bonchev–Trinajstić information content (AvgIpc) is 2.47. The molecule has 0 aliphatic heterocycles. The third-order valence-electron chi connectivity index (χ3n) is 3.05. The number of carbonyl (C=O) groups is 2. The third-order valence-corrected chi connectivity index (χ3v) is 3.05. The first kappa shape index (κ1) is 14.7. The van der Waals surface area contributed by atoms with Crippen LogP contribution in [0, 0.1) is 0 Å². The van der Waals surface area contributed by atoms with E-state index in [0.717, 1.165) is 5.56 Å². The molecule has 0 radical (unpaired) electrons. The number of nitrogens with zero attached hydrogens (tertiary/aromatic N) is 1. The minimum absolute atomic E-state index is 0.0498. The maximum atomic E-state index is 11.6. The summed E-state index contributed by atoms with van der Waals surface area (Å²) in [6, 6.07) is 9.96. The van der Waals surface area contributed by atoms with Gasteiger partial charge in [0.1, 0.15) is 5.82 Å². The van der Waals surface area contributed by atoms with Crippen molar-refractivity contribution < 1.29 is 14.7 Å². The second kappa shape index (κ2) is 6.17. The summed E-state index contributed by atoms with van der Waals surface area (Å²) < 4.78 is 0. The molecule has 1 aromatic carbocycles.